The minimum absolute atomic E-state index is 0.0692. The predicted molar refractivity (Wildman–Crippen MR) is 75.7 cm³/mol. The molecule has 0 radical (unpaired) electrons. The Morgan fingerprint density at radius 3 is 3.21 bits per heavy atom. The summed E-state index contributed by atoms with van der Waals surface area (Å²) < 4.78 is 10.4. The van der Waals surface area contributed by atoms with Crippen LogP contribution in [0.15, 0.2) is 29.2 Å². The zero-order valence-corrected chi connectivity index (χ0v) is 11.9. The van der Waals surface area contributed by atoms with Gasteiger partial charge >= 0.3 is 0 Å². The Balaban J connectivity index is 1.70. The van der Waals surface area contributed by atoms with E-state index in [2.05, 4.69) is 5.32 Å². The maximum Gasteiger partial charge on any atom is 0.230 e. The zero-order chi connectivity index (χ0) is 13.5. The minimum Gasteiger partial charge on any atom is -0.497 e. The van der Waals surface area contributed by atoms with Gasteiger partial charge < -0.3 is 14.8 Å². The third-order valence-corrected chi connectivity index (χ3v) is 4.02. The van der Waals surface area contributed by atoms with Crippen LogP contribution in [0.2, 0.25) is 0 Å². The fraction of sp³-hybridized carbons (Fsp3) is 0.500. The quantitative estimate of drug-likeness (QED) is 0.810. The molecule has 1 aromatic carbocycles. The lowest BCUT2D eigenvalue weighted by Crippen LogP contribution is -2.30. The fourth-order valence-electron chi connectivity index (χ4n) is 1.89. The molecule has 0 unspecified atom stereocenters. The lowest BCUT2D eigenvalue weighted by molar-refractivity contribution is -0.118. The van der Waals surface area contributed by atoms with Crippen molar-refractivity contribution in [2.24, 2.45) is 5.92 Å². The van der Waals surface area contributed by atoms with Gasteiger partial charge in [-0.1, -0.05) is 6.07 Å². The third kappa shape index (κ3) is 4.76. The Labute approximate surface area is 117 Å². The van der Waals surface area contributed by atoms with Crippen molar-refractivity contribution in [3.8, 4) is 5.75 Å². The van der Waals surface area contributed by atoms with Crippen LogP contribution in [0.25, 0.3) is 0 Å². The highest BCUT2D eigenvalue weighted by molar-refractivity contribution is 8.00. The van der Waals surface area contributed by atoms with Gasteiger partial charge in [-0.3, -0.25) is 4.79 Å². The number of rotatable bonds is 6. The van der Waals surface area contributed by atoms with Gasteiger partial charge in [0.1, 0.15) is 5.75 Å². The topological polar surface area (TPSA) is 47.6 Å². The SMILES string of the molecule is COc1cccc(SCC(=O)NC[C@H]2CCOC2)c1. The minimum atomic E-state index is 0.0692. The molecule has 1 aliphatic rings. The van der Waals surface area contributed by atoms with Gasteiger partial charge in [-0.05, 0) is 24.6 Å². The lowest BCUT2D eigenvalue weighted by atomic mass is 10.1. The van der Waals surface area contributed by atoms with Crippen LogP contribution < -0.4 is 10.1 Å². The Hall–Kier alpha value is -1.20. The van der Waals surface area contributed by atoms with Crippen LogP contribution in [-0.4, -0.2) is 38.5 Å². The number of carbonyl (C=O) groups is 1. The summed E-state index contributed by atoms with van der Waals surface area (Å²) in [6.45, 7) is 2.31. The Morgan fingerprint density at radius 1 is 1.58 bits per heavy atom. The summed E-state index contributed by atoms with van der Waals surface area (Å²) in [6, 6.07) is 7.73. The molecule has 19 heavy (non-hydrogen) atoms. The van der Waals surface area contributed by atoms with E-state index in [1.807, 2.05) is 24.3 Å². The summed E-state index contributed by atoms with van der Waals surface area (Å²) in [5.74, 6) is 1.79. The molecule has 104 valence electrons. The van der Waals surface area contributed by atoms with Gasteiger partial charge in [0.2, 0.25) is 5.91 Å². The maximum atomic E-state index is 11.7. The highest BCUT2D eigenvalue weighted by Gasteiger charge is 2.16. The fourth-order valence-corrected chi connectivity index (χ4v) is 2.67. The van der Waals surface area contributed by atoms with Gasteiger partial charge in [0, 0.05) is 24.0 Å². The van der Waals surface area contributed by atoms with Crippen molar-refractivity contribution in [2.75, 3.05) is 32.6 Å². The van der Waals surface area contributed by atoms with Crippen molar-refractivity contribution in [3.63, 3.8) is 0 Å². The van der Waals surface area contributed by atoms with Gasteiger partial charge in [0.05, 0.1) is 19.5 Å². The van der Waals surface area contributed by atoms with Crippen LogP contribution in [0.3, 0.4) is 0 Å². The van der Waals surface area contributed by atoms with Crippen LogP contribution in [0.5, 0.6) is 5.75 Å². The van der Waals surface area contributed by atoms with E-state index in [4.69, 9.17) is 9.47 Å². The largest absolute Gasteiger partial charge is 0.497 e. The van der Waals surface area contributed by atoms with E-state index in [0.717, 1.165) is 36.8 Å². The van der Waals surface area contributed by atoms with Crippen molar-refractivity contribution in [1.29, 1.82) is 0 Å². The molecule has 1 heterocycles. The summed E-state index contributed by atoms with van der Waals surface area (Å²) in [4.78, 5) is 12.8. The molecule has 1 saturated heterocycles. The highest BCUT2D eigenvalue weighted by Crippen LogP contribution is 2.22. The van der Waals surface area contributed by atoms with Gasteiger partial charge in [-0.2, -0.15) is 0 Å². The molecule has 0 aromatic heterocycles. The Bertz CT molecular complexity index is 419. The van der Waals surface area contributed by atoms with Crippen LogP contribution in [-0.2, 0) is 9.53 Å². The average Bonchev–Trinajstić information content (AvgIpc) is 2.96. The number of thioether (sulfide) groups is 1. The maximum absolute atomic E-state index is 11.7. The molecule has 0 aliphatic carbocycles. The highest BCUT2D eigenvalue weighted by atomic mass is 32.2. The van der Waals surface area contributed by atoms with E-state index in [0.29, 0.717) is 11.7 Å². The molecular formula is C14H19NO3S. The number of methoxy groups -OCH3 is 1. The van der Waals surface area contributed by atoms with E-state index in [9.17, 15) is 4.79 Å². The molecule has 1 aromatic rings. The first kappa shape index (κ1) is 14.2. The Morgan fingerprint density at radius 2 is 2.47 bits per heavy atom. The molecule has 5 heteroatoms. The normalized spacial score (nSPS) is 18.3. The van der Waals surface area contributed by atoms with Crippen molar-refractivity contribution >= 4 is 17.7 Å². The number of nitrogens with one attached hydrogen (secondary N) is 1. The van der Waals surface area contributed by atoms with Gasteiger partial charge in [-0.15, -0.1) is 11.8 Å². The van der Waals surface area contributed by atoms with E-state index in [1.54, 1.807) is 7.11 Å². The standard InChI is InChI=1S/C14H19NO3S/c1-17-12-3-2-4-13(7-12)19-10-14(16)15-8-11-5-6-18-9-11/h2-4,7,11H,5-6,8-10H2,1H3,(H,15,16)/t11-/m1/s1. The van der Waals surface area contributed by atoms with E-state index in [1.165, 1.54) is 11.8 Å². The molecule has 1 amide bonds. The first-order valence-electron chi connectivity index (χ1n) is 6.39. The van der Waals surface area contributed by atoms with E-state index in [-0.39, 0.29) is 5.91 Å². The first-order valence-corrected chi connectivity index (χ1v) is 7.38. The molecular weight excluding hydrogens is 262 g/mol. The summed E-state index contributed by atoms with van der Waals surface area (Å²) in [7, 11) is 1.64. The summed E-state index contributed by atoms with van der Waals surface area (Å²) in [6.07, 6.45) is 1.04. The smallest absolute Gasteiger partial charge is 0.230 e. The number of amides is 1. The van der Waals surface area contributed by atoms with E-state index >= 15 is 0 Å². The monoisotopic (exact) mass is 281 g/mol. The molecule has 2 rings (SSSR count). The van der Waals surface area contributed by atoms with Gasteiger partial charge in [0.15, 0.2) is 0 Å². The van der Waals surface area contributed by atoms with Crippen molar-refractivity contribution < 1.29 is 14.3 Å². The predicted octanol–water partition coefficient (Wildman–Crippen LogP) is 1.94. The molecule has 0 spiro atoms. The number of carbonyl (C=O) groups excluding carboxylic acids is 1. The van der Waals surface area contributed by atoms with Gasteiger partial charge in [0.25, 0.3) is 0 Å². The number of hydrogen-bond donors (Lipinski definition) is 1. The molecule has 0 bridgehead atoms. The van der Waals surface area contributed by atoms with Crippen LogP contribution >= 0.6 is 11.8 Å². The molecule has 4 nitrogen and oxygen atoms in total. The van der Waals surface area contributed by atoms with Crippen LogP contribution in [0, 0.1) is 5.92 Å². The van der Waals surface area contributed by atoms with Crippen molar-refractivity contribution in [2.45, 2.75) is 11.3 Å². The number of ether oxygens (including phenoxy) is 2. The second kappa shape index (κ2) is 7.40. The summed E-state index contributed by atoms with van der Waals surface area (Å²) in [5.41, 5.74) is 0. The molecule has 1 aliphatic heterocycles. The molecule has 1 fully saturated rings. The lowest BCUT2D eigenvalue weighted by Gasteiger charge is -2.09. The summed E-state index contributed by atoms with van der Waals surface area (Å²) >= 11 is 1.52. The third-order valence-electron chi connectivity index (χ3n) is 3.02. The van der Waals surface area contributed by atoms with E-state index < -0.39 is 0 Å². The molecule has 1 atom stereocenters. The molecule has 1 N–H and O–H groups in total. The number of hydrogen-bond acceptors (Lipinski definition) is 4. The first-order chi connectivity index (χ1) is 9.28. The zero-order valence-electron chi connectivity index (χ0n) is 11.1. The number of benzene rings is 1. The van der Waals surface area contributed by atoms with Crippen LogP contribution in [0.4, 0.5) is 0 Å². The van der Waals surface area contributed by atoms with Gasteiger partial charge in [-0.25, -0.2) is 0 Å². The van der Waals surface area contributed by atoms with Crippen molar-refractivity contribution in [3.05, 3.63) is 24.3 Å². The molecule has 0 saturated carbocycles. The van der Waals surface area contributed by atoms with Crippen molar-refractivity contribution in [1.82, 2.24) is 5.32 Å². The van der Waals surface area contributed by atoms with Crippen LogP contribution in [0.1, 0.15) is 6.42 Å². The average molecular weight is 281 g/mol. The second-order valence-corrected chi connectivity index (χ2v) is 5.55. The summed E-state index contributed by atoms with van der Waals surface area (Å²) in [5, 5.41) is 2.95. The Kier molecular flexibility index (Phi) is 5.54. The second-order valence-electron chi connectivity index (χ2n) is 4.50.